The first-order valence-corrected chi connectivity index (χ1v) is 6.12. The van der Waals surface area contributed by atoms with Crippen LogP contribution in [0.2, 0.25) is 0 Å². The van der Waals surface area contributed by atoms with Gasteiger partial charge in [-0.3, -0.25) is 9.78 Å². The van der Waals surface area contributed by atoms with Crippen molar-refractivity contribution in [1.29, 1.82) is 0 Å². The number of hydrogen-bond acceptors (Lipinski definition) is 3. The maximum atomic E-state index is 11.6. The van der Waals surface area contributed by atoms with E-state index in [4.69, 9.17) is 16.3 Å². The van der Waals surface area contributed by atoms with E-state index in [1.165, 1.54) is 0 Å². The molecule has 1 N–H and O–H groups in total. The van der Waals surface area contributed by atoms with Gasteiger partial charge in [0.2, 0.25) is 0 Å². The molecule has 17 heavy (non-hydrogen) atoms. The molecule has 5 heteroatoms. The summed E-state index contributed by atoms with van der Waals surface area (Å²) in [5, 5.41) is 2.80. The van der Waals surface area contributed by atoms with Gasteiger partial charge in [0, 0.05) is 30.9 Å². The molecule has 0 saturated heterocycles. The van der Waals surface area contributed by atoms with Crippen molar-refractivity contribution >= 4 is 17.5 Å². The van der Waals surface area contributed by atoms with Crippen molar-refractivity contribution in [2.45, 2.75) is 13.3 Å². The van der Waals surface area contributed by atoms with Crippen molar-refractivity contribution in [3.05, 3.63) is 29.6 Å². The van der Waals surface area contributed by atoms with Crippen LogP contribution in [0, 0.1) is 6.92 Å². The van der Waals surface area contributed by atoms with Crippen molar-refractivity contribution in [2.24, 2.45) is 0 Å². The average Bonchev–Trinajstić information content (AvgIpc) is 2.34. The Hall–Kier alpha value is -1.13. The zero-order chi connectivity index (χ0) is 12.5. The van der Waals surface area contributed by atoms with E-state index in [1.54, 1.807) is 12.3 Å². The first kappa shape index (κ1) is 13.9. The number of alkyl halides is 1. The molecule has 0 saturated carbocycles. The molecule has 0 fully saturated rings. The van der Waals surface area contributed by atoms with Gasteiger partial charge in [-0.2, -0.15) is 0 Å². The van der Waals surface area contributed by atoms with Crippen LogP contribution in [-0.4, -0.2) is 36.5 Å². The summed E-state index contributed by atoms with van der Waals surface area (Å²) >= 11 is 5.46. The van der Waals surface area contributed by atoms with Crippen LogP contribution in [0.5, 0.6) is 0 Å². The van der Waals surface area contributed by atoms with E-state index >= 15 is 0 Å². The fourth-order valence-electron chi connectivity index (χ4n) is 1.24. The summed E-state index contributed by atoms with van der Waals surface area (Å²) in [6, 6.07) is 3.58. The third kappa shape index (κ3) is 5.65. The smallest absolute Gasteiger partial charge is 0.252 e. The number of pyridine rings is 1. The second-order valence-electron chi connectivity index (χ2n) is 3.60. The average molecular weight is 257 g/mol. The van der Waals surface area contributed by atoms with Crippen LogP contribution in [0.4, 0.5) is 0 Å². The molecule has 0 spiro atoms. The molecule has 1 aromatic heterocycles. The Balaban J connectivity index is 2.19. The van der Waals surface area contributed by atoms with Crippen molar-refractivity contribution in [3.8, 4) is 0 Å². The van der Waals surface area contributed by atoms with E-state index in [-0.39, 0.29) is 5.91 Å². The van der Waals surface area contributed by atoms with Crippen molar-refractivity contribution in [1.82, 2.24) is 10.3 Å². The van der Waals surface area contributed by atoms with Crippen LogP contribution in [0.25, 0.3) is 0 Å². The van der Waals surface area contributed by atoms with Gasteiger partial charge in [-0.05, 0) is 25.5 Å². The highest BCUT2D eigenvalue weighted by Gasteiger charge is 2.04. The van der Waals surface area contributed by atoms with Crippen molar-refractivity contribution < 1.29 is 9.53 Å². The van der Waals surface area contributed by atoms with E-state index in [9.17, 15) is 4.79 Å². The van der Waals surface area contributed by atoms with Crippen LogP contribution in [0.3, 0.4) is 0 Å². The maximum Gasteiger partial charge on any atom is 0.252 e. The van der Waals surface area contributed by atoms with Gasteiger partial charge >= 0.3 is 0 Å². The lowest BCUT2D eigenvalue weighted by Gasteiger charge is -2.05. The van der Waals surface area contributed by atoms with E-state index in [2.05, 4.69) is 10.3 Å². The fourth-order valence-corrected chi connectivity index (χ4v) is 1.35. The highest BCUT2D eigenvalue weighted by Crippen LogP contribution is 1.98. The first-order valence-electron chi connectivity index (χ1n) is 5.58. The second kappa shape index (κ2) is 8.03. The molecule has 0 aliphatic rings. The SMILES string of the molecule is Cc1ccc(C(=O)NCCCOCCCl)cn1. The molecule has 0 aliphatic carbocycles. The number of nitrogens with one attached hydrogen (secondary N) is 1. The number of carbonyl (C=O) groups is 1. The fraction of sp³-hybridized carbons (Fsp3) is 0.500. The van der Waals surface area contributed by atoms with Crippen LogP contribution < -0.4 is 5.32 Å². The summed E-state index contributed by atoms with van der Waals surface area (Å²) < 4.78 is 5.19. The van der Waals surface area contributed by atoms with Gasteiger partial charge in [-0.25, -0.2) is 0 Å². The lowest BCUT2D eigenvalue weighted by Crippen LogP contribution is -2.25. The van der Waals surface area contributed by atoms with Gasteiger partial charge in [0.1, 0.15) is 0 Å². The molecule has 0 aliphatic heterocycles. The number of aryl methyl sites for hydroxylation is 1. The summed E-state index contributed by atoms with van der Waals surface area (Å²) in [6.07, 6.45) is 2.36. The van der Waals surface area contributed by atoms with Gasteiger partial charge in [0.05, 0.1) is 12.2 Å². The summed E-state index contributed by atoms with van der Waals surface area (Å²) in [7, 11) is 0. The Kier molecular flexibility index (Phi) is 6.58. The first-order chi connectivity index (χ1) is 8.24. The minimum atomic E-state index is -0.102. The Labute approximate surface area is 106 Å². The Morgan fingerprint density at radius 2 is 2.29 bits per heavy atom. The Bertz CT molecular complexity index is 341. The van der Waals surface area contributed by atoms with E-state index in [1.807, 2.05) is 13.0 Å². The molecule has 1 amide bonds. The monoisotopic (exact) mass is 256 g/mol. The van der Waals surface area contributed by atoms with E-state index < -0.39 is 0 Å². The van der Waals surface area contributed by atoms with Crippen LogP contribution in [0.15, 0.2) is 18.3 Å². The summed E-state index contributed by atoms with van der Waals surface area (Å²) in [4.78, 5) is 15.7. The number of rotatable bonds is 7. The molecule has 0 unspecified atom stereocenters. The third-order valence-electron chi connectivity index (χ3n) is 2.15. The number of amides is 1. The summed E-state index contributed by atoms with van der Waals surface area (Å²) in [6.45, 7) is 3.64. The number of ether oxygens (including phenoxy) is 1. The Morgan fingerprint density at radius 3 is 2.94 bits per heavy atom. The van der Waals surface area contributed by atoms with Crippen LogP contribution >= 0.6 is 11.6 Å². The van der Waals surface area contributed by atoms with Gasteiger partial charge < -0.3 is 10.1 Å². The number of hydrogen-bond donors (Lipinski definition) is 1. The quantitative estimate of drug-likeness (QED) is 0.598. The highest BCUT2D eigenvalue weighted by molar-refractivity contribution is 6.17. The zero-order valence-electron chi connectivity index (χ0n) is 9.91. The number of carbonyl (C=O) groups excluding carboxylic acids is 1. The molecule has 1 aromatic rings. The number of aromatic nitrogens is 1. The Morgan fingerprint density at radius 1 is 1.47 bits per heavy atom. The molecule has 94 valence electrons. The van der Waals surface area contributed by atoms with Gasteiger partial charge in [0.25, 0.3) is 5.91 Å². The summed E-state index contributed by atoms with van der Waals surface area (Å²) in [5.41, 5.74) is 1.48. The lowest BCUT2D eigenvalue weighted by molar-refractivity contribution is 0.0944. The number of nitrogens with zero attached hydrogens (tertiary/aromatic N) is 1. The molecule has 0 bridgehead atoms. The number of halogens is 1. The maximum absolute atomic E-state index is 11.6. The molecule has 1 rings (SSSR count). The topological polar surface area (TPSA) is 51.2 Å². The molecule has 0 radical (unpaired) electrons. The molecular formula is C12H17ClN2O2. The van der Waals surface area contributed by atoms with Crippen molar-refractivity contribution in [3.63, 3.8) is 0 Å². The molecular weight excluding hydrogens is 240 g/mol. The zero-order valence-corrected chi connectivity index (χ0v) is 10.7. The van der Waals surface area contributed by atoms with Gasteiger partial charge in [-0.15, -0.1) is 11.6 Å². The molecule has 1 heterocycles. The van der Waals surface area contributed by atoms with Crippen molar-refractivity contribution in [2.75, 3.05) is 25.6 Å². The van der Waals surface area contributed by atoms with Crippen LogP contribution in [0.1, 0.15) is 22.5 Å². The van der Waals surface area contributed by atoms with Crippen LogP contribution in [-0.2, 0) is 4.74 Å². The molecule has 0 aromatic carbocycles. The minimum absolute atomic E-state index is 0.102. The highest BCUT2D eigenvalue weighted by atomic mass is 35.5. The predicted molar refractivity (Wildman–Crippen MR) is 67.5 cm³/mol. The largest absolute Gasteiger partial charge is 0.380 e. The molecule has 4 nitrogen and oxygen atoms in total. The summed E-state index contributed by atoms with van der Waals surface area (Å²) in [5.74, 6) is 0.399. The predicted octanol–water partition coefficient (Wildman–Crippen LogP) is 1.77. The van der Waals surface area contributed by atoms with Gasteiger partial charge in [-0.1, -0.05) is 0 Å². The minimum Gasteiger partial charge on any atom is -0.380 e. The molecule has 0 atom stereocenters. The third-order valence-corrected chi connectivity index (χ3v) is 2.30. The normalized spacial score (nSPS) is 10.2. The lowest BCUT2D eigenvalue weighted by atomic mass is 10.2. The van der Waals surface area contributed by atoms with E-state index in [0.717, 1.165) is 12.1 Å². The van der Waals surface area contributed by atoms with E-state index in [0.29, 0.717) is 31.2 Å². The second-order valence-corrected chi connectivity index (χ2v) is 3.98. The standard InChI is InChI=1S/C12H17ClN2O2/c1-10-3-4-11(9-15-10)12(16)14-6-2-7-17-8-5-13/h3-4,9H,2,5-8H2,1H3,(H,14,16). The van der Waals surface area contributed by atoms with Gasteiger partial charge in [0.15, 0.2) is 0 Å².